The van der Waals surface area contributed by atoms with Crippen molar-refractivity contribution >= 4 is 11.7 Å². The van der Waals surface area contributed by atoms with Crippen LogP contribution in [0.1, 0.15) is 11.3 Å². The molecule has 3 heterocycles. The van der Waals surface area contributed by atoms with Crippen molar-refractivity contribution in [3.8, 4) is 5.75 Å². The molecule has 0 N–H and O–H groups in total. The predicted molar refractivity (Wildman–Crippen MR) is 119 cm³/mol. The minimum absolute atomic E-state index is 0.0291. The van der Waals surface area contributed by atoms with Gasteiger partial charge in [0.25, 0.3) is 0 Å². The Hall–Kier alpha value is -3.61. The zero-order valence-corrected chi connectivity index (χ0v) is 17.6. The Labute approximate surface area is 181 Å². The molecule has 0 spiro atoms. The van der Waals surface area contributed by atoms with Crippen LogP contribution in [0.5, 0.6) is 5.75 Å². The lowest BCUT2D eigenvalue weighted by Crippen LogP contribution is -2.49. The number of ether oxygens (including phenoxy) is 1. The fraction of sp³-hybridized carbons (Fsp3) is 0.292. The predicted octanol–water partition coefficient (Wildman–Crippen LogP) is 2.48. The molecule has 0 unspecified atom stereocenters. The molecule has 0 atom stereocenters. The Morgan fingerprint density at radius 1 is 1.03 bits per heavy atom. The van der Waals surface area contributed by atoms with E-state index in [4.69, 9.17) is 4.74 Å². The van der Waals surface area contributed by atoms with Crippen LogP contribution in [-0.4, -0.2) is 46.5 Å². The first-order chi connectivity index (χ1) is 15.1. The van der Waals surface area contributed by atoms with Crippen LogP contribution < -0.4 is 15.1 Å². The Morgan fingerprint density at radius 3 is 2.48 bits per heavy atom. The van der Waals surface area contributed by atoms with Crippen molar-refractivity contribution in [1.82, 2.24) is 14.5 Å². The fourth-order valence-corrected chi connectivity index (χ4v) is 3.64. The molecule has 31 heavy (non-hydrogen) atoms. The maximum absolute atomic E-state index is 12.9. The van der Waals surface area contributed by atoms with Crippen LogP contribution >= 0.6 is 0 Å². The average molecular weight is 418 g/mol. The number of carbonyl (C=O) groups is 1. The summed E-state index contributed by atoms with van der Waals surface area (Å²) in [4.78, 5) is 33.6. The molecule has 7 heteroatoms. The van der Waals surface area contributed by atoms with Crippen LogP contribution in [-0.2, 0) is 17.9 Å². The van der Waals surface area contributed by atoms with Crippen molar-refractivity contribution < 1.29 is 9.53 Å². The maximum atomic E-state index is 12.9. The SMILES string of the molecule is Cc1cc(=O)c(OCc2ccccc2)cn1CC(=O)N1CCN(c2ccccn2)CC1. The van der Waals surface area contributed by atoms with Crippen LogP contribution in [0.25, 0.3) is 0 Å². The molecule has 160 valence electrons. The summed E-state index contributed by atoms with van der Waals surface area (Å²) in [6.45, 7) is 5.10. The van der Waals surface area contributed by atoms with E-state index in [0.717, 1.165) is 30.2 Å². The van der Waals surface area contributed by atoms with Gasteiger partial charge in [-0.3, -0.25) is 9.59 Å². The molecule has 4 rings (SSSR count). The lowest BCUT2D eigenvalue weighted by atomic mass is 10.2. The van der Waals surface area contributed by atoms with Crippen molar-refractivity contribution in [2.45, 2.75) is 20.1 Å². The van der Waals surface area contributed by atoms with Gasteiger partial charge in [0, 0.05) is 44.1 Å². The molecule has 0 saturated carbocycles. The van der Waals surface area contributed by atoms with Crippen molar-refractivity contribution in [3.63, 3.8) is 0 Å². The first-order valence-electron chi connectivity index (χ1n) is 10.4. The van der Waals surface area contributed by atoms with E-state index in [9.17, 15) is 9.59 Å². The number of aryl methyl sites for hydroxylation is 1. The van der Waals surface area contributed by atoms with Gasteiger partial charge in [0.1, 0.15) is 19.0 Å². The van der Waals surface area contributed by atoms with E-state index < -0.39 is 0 Å². The third-order valence-corrected chi connectivity index (χ3v) is 5.46. The van der Waals surface area contributed by atoms with Gasteiger partial charge < -0.3 is 19.1 Å². The summed E-state index contributed by atoms with van der Waals surface area (Å²) < 4.78 is 7.52. The number of amides is 1. The summed E-state index contributed by atoms with van der Waals surface area (Å²) in [7, 11) is 0. The molecule has 1 aliphatic rings. The van der Waals surface area contributed by atoms with Crippen LogP contribution in [0.4, 0.5) is 5.82 Å². The van der Waals surface area contributed by atoms with Gasteiger partial charge in [-0.15, -0.1) is 0 Å². The zero-order valence-electron chi connectivity index (χ0n) is 17.6. The summed E-state index contributed by atoms with van der Waals surface area (Å²) in [5.41, 5.74) is 1.54. The molecular formula is C24H26N4O3. The van der Waals surface area contributed by atoms with Crippen LogP contribution in [0.15, 0.2) is 71.8 Å². The van der Waals surface area contributed by atoms with E-state index in [2.05, 4.69) is 9.88 Å². The standard InChI is InChI=1S/C24H26N4O3/c1-19-15-21(29)22(31-18-20-7-3-2-4-8-20)16-28(19)17-24(30)27-13-11-26(12-14-27)23-9-5-6-10-25-23/h2-10,15-16H,11-14,17-18H2,1H3. The third-order valence-electron chi connectivity index (χ3n) is 5.46. The Bertz CT molecular complexity index is 1070. The molecule has 1 aromatic carbocycles. The molecule has 1 aliphatic heterocycles. The molecule has 1 saturated heterocycles. The van der Waals surface area contributed by atoms with Gasteiger partial charge in [-0.25, -0.2) is 4.98 Å². The van der Waals surface area contributed by atoms with E-state index in [1.807, 2.05) is 60.4 Å². The second kappa shape index (κ2) is 9.47. The van der Waals surface area contributed by atoms with Crippen molar-refractivity contribution in [1.29, 1.82) is 0 Å². The van der Waals surface area contributed by atoms with E-state index in [-0.39, 0.29) is 23.6 Å². The Balaban J connectivity index is 1.38. The molecule has 0 radical (unpaired) electrons. The number of hydrogen-bond donors (Lipinski definition) is 0. The van der Waals surface area contributed by atoms with Crippen molar-refractivity contribution in [3.05, 3.63) is 88.5 Å². The molecule has 2 aromatic heterocycles. The minimum atomic E-state index is -0.180. The van der Waals surface area contributed by atoms with Gasteiger partial charge in [-0.2, -0.15) is 0 Å². The number of carbonyl (C=O) groups excluding carboxylic acids is 1. The monoisotopic (exact) mass is 418 g/mol. The molecule has 3 aromatic rings. The fourth-order valence-electron chi connectivity index (χ4n) is 3.64. The smallest absolute Gasteiger partial charge is 0.242 e. The molecule has 0 aliphatic carbocycles. The number of anilines is 1. The highest BCUT2D eigenvalue weighted by Gasteiger charge is 2.22. The van der Waals surface area contributed by atoms with Gasteiger partial charge in [-0.1, -0.05) is 36.4 Å². The molecular weight excluding hydrogens is 392 g/mol. The Kier molecular flexibility index (Phi) is 6.31. The van der Waals surface area contributed by atoms with Crippen LogP contribution in [0.3, 0.4) is 0 Å². The summed E-state index contributed by atoms with van der Waals surface area (Å²) in [6.07, 6.45) is 3.42. The number of piperazine rings is 1. The quantitative estimate of drug-likeness (QED) is 0.615. The van der Waals surface area contributed by atoms with Crippen LogP contribution in [0.2, 0.25) is 0 Å². The summed E-state index contributed by atoms with van der Waals surface area (Å²) in [5.74, 6) is 1.22. The average Bonchev–Trinajstić information content (AvgIpc) is 2.81. The van der Waals surface area contributed by atoms with Gasteiger partial charge in [0.05, 0.1) is 6.20 Å². The second-order valence-electron chi connectivity index (χ2n) is 7.60. The lowest BCUT2D eigenvalue weighted by molar-refractivity contribution is -0.132. The summed E-state index contributed by atoms with van der Waals surface area (Å²) >= 11 is 0. The molecule has 7 nitrogen and oxygen atoms in total. The van der Waals surface area contributed by atoms with Crippen molar-refractivity contribution in [2.24, 2.45) is 0 Å². The van der Waals surface area contributed by atoms with Crippen LogP contribution in [0, 0.1) is 6.92 Å². The second-order valence-corrected chi connectivity index (χ2v) is 7.60. The van der Waals surface area contributed by atoms with Crippen molar-refractivity contribution in [2.75, 3.05) is 31.1 Å². The van der Waals surface area contributed by atoms with E-state index in [1.165, 1.54) is 6.07 Å². The largest absolute Gasteiger partial charge is 0.483 e. The summed E-state index contributed by atoms with van der Waals surface area (Å²) in [6, 6.07) is 17.1. The topological polar surface area (TPSA) is 67.7 Å². The minimum Gasteiger partial charge on any atom is -0.483 e. The normalized spacial score (nSPS) is 13.8. The number of nitrogens with zero attached hydrogens (tertiary/aromatic N) is 4. The van der Waals surface area contributed by atoms with Gasteiger partial charge in [0.2, 0.25) is 11.3 Å². The number of pyridine rings is 2. The lowest BCUT2D eigenvalue weighted by Gasteiger charge is -2.35. The number of benzene rings is 1. The highest BCUT2D eigenvalue weighted by Crippen LogP contribution is 2.14. The highest BCUT2D eigenvalue weighted by molar-refractivity contribution is 5.76. The first-order valence-corrected chi connectivity index (χ1v) is 10.4. The van der Waals surface area contributed by atoms with Gasteiger partial charge in [0.15, 0.2) is 5.75 Å². The molecule has 1 amide bonds. The van der Waals surface area contributed by atoms with E-state index in [0.29, 0.717) is 19.7 Å². The number of rotatable bonds is 6. The molecule has 0 bridgehead atoms. The number of hydrogen-bond acceptors (Lipinski definition) is 5. The van der Waals surface area contributed by atoms with Gasteiger partial charge >= 0.3 is 0 Å². The van der Waals surface area contributed by atoms with E-state index in [1.54, 1.807) is 17.0 Å². The first kappa shape index (κ1) is 20.7. The summed E-state index contributed by atoms with van der Waals surface area (Å²) in [5, 5.41) is 0. The zero-order chi connectivity index (χ0) is 21.6. The Morgan fingerprint density at radius 2 is 1.77 bits per heavy atom. The maximum Gasteiger partial charge on any atom is 0.242 e. The van der Waals surface area contributed by atoms with E-state index >= 15 is 0 Å². The third kappa shape index (κ3) is 5.12. The number of aromatic nitrogens is 2. The molecule has 1 fully saturated rings. The highest BCUT2D eigenvalue weighted by atomic mass is 16.5. The van der Waals surface area contributed by atoms with Gasteiger partial charge in [-0.05, 0) is 24.6 Å².